The molecule has 0 aromatic heterocycles. The number of hydrogen-bond acceptors (Lipinski definition) is 4. The van der Waals surface area contributed by atoms with E-state index in [1.165, 1.54) is 22.4 Å². The number of halogens is 1. The first-order valence-electron chi connectivity index (χ1n) is 8.37. The molecule has 0 unspecified atom stereocenters. The van der Waals surface area contributed by atoms with Gasteiger partial charge in [0.2, 0.25) is 0 Å². The Bertz CT molecular complexity index is 674. The lowest BCUT2D eigenvalue weighted by Crippen LogP contribution is -2.41. The van der Waals surface area contributed by atoms with Gasteiger partial charge in [0.25, 0.3) is 0 Å². The van der Waals surface area contributed by atoms with Gasteiger partial charge in [-0.3, -0.25) is 10.6 Å². The first kappa shape index (κ1) is 17.8. The van der Waals surface area contributed by atoms with Crippen LogP contribution in [-0.4, -0.2) is 19.7 Å². The van der Waals surface area contributed by atoms with E-state index in [9.17, 15) is 0 Å². The van der Waals surface area contributed by atoms with Crippen molar-refractivity contribution in [3.63, 3.8) is 0 Å². The van der Waals surface area contributed by atoms with E-state index in [-0.39, 0.29) is 6.17 Å². The van der Waals surface area contributed by atoms with Crippen LogP contribution in [0.1, 0.15) is 30.6 Å². The van der Waals surface area contributed by atoms with E-state index in [1.807, 2.05) is 30.8 Å². The first-order chi connectivity index (χ1) is 11.8. The number of thioether (sulfide) groups is 1. The highest BCUT2D eigenvalue weighted by molar-refractivity contribution is 9.10. The standard InChI is InChI=1S/C19H23BrN2OS/c1-2-23-17-9-8-15(20)12-14(17)13-24-18-7-4-3-6-16(18)19-21-10-5-11-22-19/h3-4,6-9,12,19,21-22H,2,5,10-11,13H2,1H3. The van der Waals surface area contributed by atoms with Crippen molar-refractivity contribution in [3.8, 4) is 5.75 Å². The molecule has 0 bridgehead atoms. The van der Waals surface area contributed by atoms with Crippen molar-refractivity contribution < 1.29 is 4.74 Å². The number of benzene rings is 2. The third-order valence-electron chi connectivity index (χ3n) is 3.99. The summed E-state index contributed by atoms with van der Waals surface area (Å²) in [5, 5.41) is 7.12. The lowest BCUT2D eigenvalue weighted by molar-refractivity contribution is 0.337. The molecule has 3 rings (SSSR count). The van der Waals surface area contributed by atoms with Crippen LogP contribution in [0.2, 0.25) is 0 Å². The minimum atomic E-state index is 0.247. The fourth-order valence-electron chi connectivity index (χ4n) is 2.84. The zero-order chi connectivity index (χ0) is 16.8. The normalized spacial score (nSPS) is 15.4. The summed E-state index contributed by atoms with van der Waals surface area (Å²) < 4.78 is 6.86. The Morgan fingerprint density at radius 3 is 2.75 bits per heavy atom. The molecule has 2 N–H and O–H groups in total. The maximum Gasteiger partial charge on any atom is 0.123 e. The highest BCUT2D eigenvalue weighted by Crippen LogP contribution is 2.33. The summed E-state index contributed by atoms with van der Waals surface area (Å²) in [7, 11) is 0. The average Bonchev–Trinajstić information content (AvgIpc) is 2.63. The second-order valence-corrected chi connectivity index (χ2v) is 7.64. The molecule has 2 aromatic carbocycles. The van der Waals surface area contributed by atoms with E-state index in [2.05, 4.69) is 56.9 Å². The second-order valence-electron chi connectivity index (χ2n) is 5.71. The smallest absolute Gasteiger partial charge is 0.123 e. The zero-order valence-corrected chi connectivity index (χ0v) is 16.3. The Kier molecular flexibility index (Phi) is 6.60. The van der Waals surface area contributed by atoms with Gasteiger partial charge in [0.1, 0.15) is 5.75 Å². The Hall–Kier alpha value is -1.01. The van der Waals surface area contributed by atoms with E-state index in [0.29, 0.717) is 6.61 Å². The molecular weight excluding hydrogens is 384 g/mol. The fraction of sp³-hybridized carbons (Fsp3) is 0.368. The molecule has 5 heteroatoms. The van der Waals surface area contributed by atoms with Gasteiger partial charge < -0.3 is 4.74 Å². The lowest BCUT2D eigenvalue weighted by Gasteiger charge is -2.27. The predicted molar refractivity (Wildman–Crippen MR) is 105 cm³/mol. The van der Waals surface area contributed by atoms with Crippen molar-refractivity contribution in [1.82, 2.24) is 10.6 Å². The summed E-state index contributed by atoms with van der Waals surface area (Å²) >= 11 is 5.43. The van der Waals surface area contributed by atoms with Crippen LogP contribution in [-0.2, 0) is 5.75 Å². The van der Waals surface area contributed by atoms with E-state index in [0.717, 1.165) is 29.1 Å². The van der Waals surface area contributed by atoms with Crippen LogP contribution in [0.25, 0.3) is 0 Å². The summed E-state index contributed by atoms with van der Waals surface area (Å²) in [5.74, 6) is 1.86. The van der Waals surface area contributed by atoms with Crippen molar-refractivity contribution in [1.29, 1.82) is 0 Å². The Labute approximate surface area is 156 Å². The third-order valence-corrected chi connectivity index (χ3v) is 5.62. The Morgan fingerprint density at radius 2 is 1.96 bits per heavy atom. The molecule has 2 aromatic rings. The summed E-state index contributed by atoms with van der Waals surface area (Å²) in [5.41, 5.74) is 2.55. The maximum absolute atomic E-state index is 5.77. The fourth-order valence-corrected chi connectivity index (χ4v) is 4.31. The topological polar surface area (TPSA) is 33.3 Å². The van der Waals surface area contributed by atoms with Gasteiger partial charge in [0.05, 0.1) is 12.8 Å². The van der Waals surface area contributed by atoms with Crippen LogP contribution < -0.4 is 15.4 Å². The van der Waals surface area contributed by atoms with Gasteiger partial charge in [-0.15, -0.1) is 11.8 Å². The van der Waals surface area contributed by atoms with Gasteiger partial charge in [-0.25, -0.2) is 0 Å². The quantitative estimate of drug-likeness (QED) is 0.679. The van der Waals surface area contributed by atoms with Gasteiger partial charge in [0.15, 0.2) is 0 Å². The maximum atomic E-state index is 5.77. The Morgan fingerprint density at radius 1 is 1.17 bits per heavy atom. The van der Waals surface area contributed by atoms with Crippen molar-refractivity contribution in [3.05, 3.63) is 58.1 Å². The molecule has 0 aliphatic carbocycles. The summed E-state index contributed by atoms with van der Waals surface area (Å²) in [4.78, 5) is 1.31. The first-order valence-corrected chi connectivity index (χ1v) is 10.2. The Balaban J connectivity index is 1.76. The largest absolute Gasteiger partial charge is 0.494 e. The van der Waals surface area contributed by atoms with E-state index in [4.69, 9.17) is 4.74 Å². The molecule has 0 amide bonds. The molecule has 128 valence electrons. The zero-order valence-electron chi connectivity index (χ0n) is 13.8. The minimum Gasteiger partial charge on any atom is -0.494 e. The highest BCUT2D eigenvalue weighted by atomic mass is 79.9. The van der Waals surface area contributed by atoms with Crippen LogP contribution in [0.4, 0.5) is 0 Å². The molecule has 1 fully saturated rings. The number of hydrogen-bond donors (Lipinski definition) is 2. The molecule has 0 saturated carbocycles. The summed E-state index contributed by atoms with van der Waals surface area (Å²) in [6, 6.07) is 14.9. The van der Waals surface area contributed by atoms with Crippen molar-refractivity contribution in [2.45, 2.75) is 30.2 Å². The summed E-state index contributed by atoms with van der Waals surface area (Å²) in [6.07, 6.45) is 1.43. The van der Waals surface area contributed by atoms with E-state index < -0.39 is 0 Å². The molecular formula is C19H23BrN2OS. The SMILES string of the molecule is CCOc1ccc(Br)cc1CSc1ccccc1C1NCCCN1. The van der Waals surface area contributed by atoms with Crippen molar-refractivity contribution >= 4 is 27.7 Å². The highest BCUT2D eigenvalue weighted by Gasteiger charge is 2.17. The van der Waals surface area contributed by atoms with Crippen molar-refractivity contribution in [2.75, 3.05) is 19.7 Å². The van der Waals surface area contributed by atoms with Crippen LogP contribution in [0, 0.1) is 0 Å². The molecule has 0 atom stereocenters. The molecule has 0 spiro atoms. The minimum absolute atomic E-state index is 0.247. The average molecular weight is 407 g/mol. The van der Waals surface area contributed by atoms with Gasteiger partial charge in [-0.1, -0.05) is 34.1 Å². The van der Waals surface area contributed by atoms with Crippen LogP contribution in [0.3, 0.4) is 0 Å². The predicted octanol–water partition coefficient (Wildman–Crippen LogP) is 4.72. The third kappa shape index (κ3) is 4.54. The number of ether oxygens (including phenoxy) is 1. The second kappa shape index (κ2) is 8.90. The number of nitrogens with one attached hydrogen (secondary N) is 2. The van der Waals surface area contributed by atoms with Gasteiger partial charge in [0, 0.05) is 20.7 Å². The molecule has 1 saturated heterocycles. The van der Waals surface area contributed by atoms with Crippen LogP contribution in [0.5, 0.6) is 5.75 Å². The van der Waals surface area contributed by atoms with Crippen molar-refractivity contribution in [2.24, 2.45) is 0 Å². The molecule has 1 aliphatic heterocycles. The van der Waals surface area contributed by atoms with Gasteiger partial charge >= 0.3 is 0 Å². The lowest BCUT2D eigenvalue weighted by atomic mass is 10.1. The molecule has 0 radical (unpaired) electrons. The molecule has 1 heterocycles. The van der Waals surface area contributed by atoms with Gasteiger partial charge in [-0.2, -0.15) is 0 Å². The molecule has 1 aliphatic rings. The number of rotatable bonds is 6. The van der Waals surface area contributed by atoms with E-state index in [1.54, 1.807) is 0 Å². The van der Waals surface area contributed by atoms with E-state index >= 15 is 0 Å². The van der Waals surface area contributed by atoms with Gasteiger partial charge in [-0.05, 0) is 56.3 Å². The monoisotopic (exact) mass is 406 g/mol. The molecule has 24 heavy (non-hydrogen) atoms. The summed E-state index contributed by atoms with van der Waals surface area (Å²) in [6.45, 7) is 4.84. The van der Waals surface area contributed by atoms with Crippen LogP contribution >= 0.6 is 27.7 Å². The van der Waals surface area contributed by atoms with Crippen LogP contribution in [0.15, 0.2) is 51.8 Å². The molecule has 3 nitrogen and oxygen atoms in total.